The minimum absolute atomic E-state index is 0.747. The second-order valence-corrected chi connectivity index (χ2v) is 7.76. The lowest BCUT2D eigenvalue weighted by Gasteiger charge is -2.34. The van der Waals surface area contributed by atoms with E-state index in [0.717, 1.165) is 11.8 Å². The summed E-state index contributed by atoms with van der Waals surface area (Å²) in [5.41, 5.74) is 7.67. The Morgan fingerprint density at radius 1 is 0.615 bits per heavy atom. The van der Waals surface area contributed by atoms with Gasteiger partial charge in [0.15, 0.2) is 0 Å². The molecule has 0 amide bonds. The first-order valence-electron chi connectivity index (χ1n) is 9.65. The maximum absolute atomic E-state index is 2.37. The van der Waals surface area contributed by atoms with E-state index in [4.69, 9.17) is 0 Å². The van der Waals surface area contributed by atoms with Crippen molar-refractivity contribution in [3.63, 3.8) is 0 Å². The van der Waals surface area contributed by atoms with Gasteiger partial charge in [-0.25, -0.2) is 0 Å². The third-order valence-corrected chi connectivity index (χ3v) is 5.78. The van der Waals surface area contributed by atoms with Gasteiger partial charge in [-0.2, -0.15) is 0 Å². The van der Waals surface area contributed by atoms with Crippen LogP contribution in [0.15, 0.2) is 72.8 Å². The summed E-state index contributed by atoms with van der Waals surface area (Å²) in [5.74, 6) is 1.57. The number of hydrogen-bond donors (Lipinski definition) is 0. The number of hydrogen-bond acceptors (Lipinski definition) is 1. The SMILES string of the molecule is Cc1ccc(N(c2ccc(C)cc2)c2ccc(C3CCC3C)cc2)cc1. The van der Waals surface area contributed by atoms with Crippen molar-refractivity contribution in [2.24, 2.45) is 5.92 Å². The Kier molecular flexibility index (Phi) is 4.55. The van der Waals surface area contributed by atoms with Crippen LogP contribution in [-0.2, 0) is 0 Å². The van der Waals surface area contributed by atoms with Crippen LogP contribution in [0.4, 0.5) is 17.1 Å². The van der Waals surface area contributed by atoms with Crippen LogP contribution in [0.5, 0.6) is 0 Å². The van der Waals surface area contributed by atoms with Crippen molar-refractivity contribution in [1.29, 1.82) is 0 Å². The predicted octanol–water partition coefficient (Wildman–Crippen LogP) is 7.29. The van der Waals surface area contributed by atoms with E-state index in [1.165, 1.54) is 46.6 Å². The van der Waals surface area contributed by atoms with Crippen LogP contribution in [0.2, 0.25) is 0 Å². The third kappa shape index (κ3) is 3.26. The van der Waals surface area contributed by atoms with Gasteiger partial charge in [-0.3, -0.25) is 0 Å². The standard InChI is InChI=1S/C25H27N/c1-18-4-11-22(12-5-18)26(23-13-6-19(2)7-14-23)24-15-9-21(10-16-24)25-17-8-20(25)3/h4-7,9-16,20,25H,8,17H2,1-3H3. The summed E-state index contributed by atoms with van der Waals surface area (Å²) in [6.07, 6.45) is 2.70. The highest BCUT2D eigenvalue weighted by atomic mass is 15.1. The summed E-state index contributed by atoms with van der Waals surface area (Å²) < 4.78 is 0. The zero-order valence-electron chi connectivity index (χ0n) is 15.9. The van der Waals surface area contributed by atoms with Crippen LogP contribution < -0.4 is 4.90 Å². The average Bonchev–Trinajstić information content (AvgIpc) is 2.65. The van der Waals surface area contributed by atoms with Crippen LogP contribution in [0.25, 0.3) is 0 Å². The normalized spacial score (nSPS) is 19.0. The molecule has 0 bridgehead atoms. The molecule has 1 fully saturated rings. The fourth-order valence-electron chi connectivity index (χ4n) is 3.87. The summed E-state index contributed by atoms with van der Waals surface area (Å²) >= 11 is 0. The number of rotatable bonds is 4. The zero-order chi connectivity index (χ0) is 18.1. The van der Waals surface area contributed by atoms with E-state index < -0.39 is 0 Å². The molecule has 0 N–H and O–H groups in total. The van der Waals surface area contributed by atoms with Gasteiger partial charge in [-0.1, -0.05) is 54.4 Å². The van der Waals surface area contributed by atoms with Gasteiger partial charge in [0.1, 0.15) is 0 Å². The fourth-order valence-corrected chi connectivity index (χ4v) is 3.87. The monoisotopic (exact) mass is 341 g/mol. The molecule has 1 nitrogen and oxygen atoms in total. The molecule has 0 spiro atoms. The molecule has 132 valence electrons. The smallest absolute Gasteiger partial charge is 0.0461 e. The Bertz CT molecular complexity index is 814. The molecule has 2 atom stereocenters. The molecule has 3 aromatic rings. The van der Waals surface area contributed by atoms with Crippen LogP contribution in [0.1, 0.15) is 42.4 Å². The second-order valence-electron chi connectivity index (χ2n) is 7.76. The van der Waals surface area contributed by atoms with Gasteiger partial charge in [-0.15, -0.1) is 0 Å². The van der Waals surface area contributed by atoms with Gasteiger partial charge in [0.2, 0.25) is 0 Å². The van der Waals surface area contributed by atoms with Crippen molar-refractivity contribution in [3.05, 3.63) is 89.5 Å². The van der Waals surface area contributed by atoms with Crippen LogP contribution in [0.3, 0.4) is 0 Å². The van der Waals surface area contributed by atoms with Crippen molar-refractivity contribution in [3.8, 4) is 0 Å². The summed E-state index contributed by atoms with van der Waals surface area (Å²) in [4.78, 5) is 2.34. The molecule has 1 heteroatoms. The van der Waals surface area contributed by atoms with E-state index in [0.29, 0.717) is 0 Å². The largest absolute Gasteiger partial charge is 0.311 e. The quantitative estimate of drug-likeness (QED) is 0.481. The molecule has 3 aromatic carbocycles. The van der Waals surface area contributed by atoms with Crippen LogP contribution in [-0.4, -0.2) is 0 Å². The Labute approximate surface area is 157 Å². The summed E-state index contributed by atoms with van der Waals surface area (Å²) in [6.45, 7) is 6.64. The van der Waals surface area contributed by atoms with E-state index in [2.05, 4.69) is 98.5 Å². The number of nitrogens with zero attached hydrogens (tertiary/aromatic N) is 1. The molecular formula is C25H27N. The number of anilines is 3. The minimum Gasteiger partial charge on any atom is -0.311 e. The first-order chi connectivity index (χ1) is 12.6. The first kappa shape index (κ1) is 16.9. The van der Waals surface area contributed by atoms with Gasteiger partial charge in [0.25, 0.3) is 0 Å². The molecule has 1 aliphatic carbocycles. The number of benzene rings is 3. The van der Waals surface area contributed by atoms with E-state index >= 15 is 0 Å². The molecular weight excluding hydrogens is 314 g/mol. The Balaban J connectivity index is 1.72. The molecule has 2 unspecified atom stereocenters. The minimum atomic E-state index is 0.747. The van der Waals surface area contributed by atoms with Crippen LogP contribution >= 0.6 is 0 Å². The third-order valence-electron chi connectivity index (χ3n) is 5.78. The molecule has 1 aliphatic rings. The Morgan fingerprint density at radius 3 is 1.38 bits per heavy atom. The van der Waals surface area contributed by atoms with E-state index in [1.807, 2.05) is 0 Å². The summed E-state index contributed by atoms with van der Waals surface area (Å²) in [6, 6.07) is 26.8. The van der Waals surface area contributed by atoms with Gasteiger partial charge in [0, 0.05) is 17.1 Å². The van der Waals surface area contributed by atoms with E-state index in [1.54, 1.807) is 0 Å². The summed E-state index contributed by atoms with van der Waals surface area (Å²) in [5, 5.41) is 0. The van der Waals surface area contributed by atoms with Gasteiger partial charge >= 0.3 is 0 Å². The predicted molar refractivity (Wildman–Crippen MR) is 112 cm³/mol. The highest BCUT2D eigenvalue weighted by Crippen LogP contribution is 2.43. The molecule has 0 saturated heterocycles. The zero-order valence-corrected chi connectivity index (χ0v) is 15.9. The molecule has 0 radical (unpaired) electrons. The van der Waals surface area contributed by atoms with E-state index in [-0.39, 0.29) is 0 Å². The topological polar surface area (TPSA) is 3.24 Å². The van der Waals surface area contributed by atoms with Crippen molar-refractivity contribution in [2.45, 2.75) is 39.5 Å². The molecule has 1 saturated carbocycles. The van der Waals surface area contributed by atoms with E-state index in [9.17, 15) is 0 Å². The Morgan fingerprint density at radius 2 is 1.04 bits per heavy atom. The highest BCUT2D eigenvalue weighted by molar-refractivity contribution is 5.76. The Hall–Kier alpha value is -2.54. The second kappa shape index (κ2) is 6.99. The van der Waals surface area contributed by atoms with Crippen molar-refractivity contribution < 1.29 is 0 Å². The van der Waals surface area contributed by atoms with Gasteiger partial charge in [0.05, 0.1) is 0 Å². The molecule has 0 aromatic heterocycles. The van der Waals surface area contributed by atoms with Crippen molar-refractivity contribution in [1.82, 2.24) is 0 Å². The lowest BCUT2D eigenvalue weighted by molar-refractivity contribution is 0.280. The van der Waals surface area contributed by atoms with Gasteiger partial charge in [-0.05, 0) is 80.5 Å². The first-order valence-corrected chi connectivity index (χ1v) is 9.65. The lowest BCUT2D eigenvalue weighted by Crippen LogP contribution is -2.20. The molecule has 0 heterocycles. The maximum atomic E-state index is 2.37. The molecule has 26 heavy (non-hydrogen) atoms. The average molecular weight is 341 g/mol. The van der Waals surface area contributed by atoms with Crippen molar-refractivity contribution in [2.75, 3.05) is 4.90 Å². The number of aryl methyl sites for hydroxylation is 2. The maximum Gasteiger partial charge on any atom is 0.0461 e. The summed E-state index contributed by atoms with van der Waals surface area (Å²) in [7, 11) is 0. The lowest BCUT2D eigenvalue weighted by atomic mass is 9.71. The van der Waals surface area contributed by atoms with Gasteiger partial charge < -0.3 is 4.90 Å². The highest BCUT2D eigenvalue weighted by Gasteiger charge is 2.28. The van der Waals surface area contributed by atoms with Crippen molar-refractivity contribution >= 4 is 17.1 Å². The molecule has 4 rings (SSSR count). The fraction of sp³-hybridized carbons (Fsp3) is 0.280. The van der Waals surface area contributed by atoms with Crippen LogP contribution in [0, 0.1) is 19.8 Å². The molecule has 0 aliphatic heterocycles.